The predicted molar refractivity (Wildman–Crippen MR) is 107 cm³/mol. The third kappa shape index (κ3) is 3.11. The molecule has 0 spiro atoms. The van der Waals surface area contributed by atoms with Gasteiger partial charge in [0, 0.05) is 27.6 Å². The molecule has 2 heterocycles. The number of carbonyl (C=O) groups is 1. The number of aromatic nitrogens is 1. The van der Waals surface area contributed by atoms with E-state index in [1.165, 1.54) is 0 Å². The molecule has 5 nitrogen and oxygen atoms in total. The van der Waals surface area contributed by atoms with Gasteiger partial charge in [-0.2, -0.15) is 0 Å². The van der Waals surface area contributed by atoms with Gasteiger partial charge in [0.25, 0.3) is 5.91 Å². The lowest BCUT2D eigenvalue weighted by molar-refractivity contribution is 0.0998. The van der Waals surface area contributed by atoms with E-state index in [-0.39, 0.29) is 11.7 Å². The fourth-order valence-electron chi connectivity index (χ4n) is 3.12. The van der Waals surface area contributed by atoms with Crippen LogP contribution in [0.1, 0.15) is 23.0 Å². The average molecular weight is 381 g/mol. The number of fused-ring (bicyclic) bond motifs is 2. The second kappa shape index (κ2) is 6.93. The van der Waals surface area contributed by atoms with Crippen LogP contribution in [0.4, 0.5) is 5.69 Å². The molecular weight excluding hydrogens is 364 g/mol. The first kappa shape index (κ1) is 17.4. The first-order valence-electron chi connectivity index (χ1n) is 8.59. The lowest BCUT2D eigenvalue weighted by Gasteiger charge is -2.11. The molecule has 0 saturated carbocycles. The number of hydrogen-bond acceptors (Lipinski definition) is 4. The molecule has 0 radical (unpaired) electrons. The van der Waals surface area contributed by atoms with Crippen molar-refractivity contribution >= 4 is 45.1 Å². The van der Waals surface area contributed by atoms with Gasteiger partial charge in [0.05, 0.1) is 12.3 Å². The lowest BCUT2D eigenvalue weighted by Crippen LogP contribution is -2.12. The highest BCUT2D eigenvalue weighted by Crippen LogP contribution is 2.32. The summed E-state index contributed by atoms with van der Waals surface area (Å²) in [6.45, 7) is 4.30. The molecule has 136 valence electrons. The predicted octanol–water partition coefficient (Wildman–Crippen LogP) is 5.59. The normalized spacial score (nSPS) is 11.1. The molecular formula is C21H17ClN2O3. The van der Waals surface area contributed by atoms with Gasteiger partial charge in [-0.05, 0) is 56.3 Å². The van der Waals surface area contributed by atoms with Crippen LogP contribution in [-0.4, -0.2) is 17.5 Å². The molecule has 1 amide bonds. The van der Waals surface area contributed by atoms with Gasteiger partial charge in [0.1, 0.15) is 16.8 Å². The molecule has 1 N–H and O–H groups in total. The maximum absolute atomic E-state index is 12.9. The summed E-state index contributed by atoms with van der Waals surface area (Å²) >= 11 is 6.05. The number of anilines is 1. The number of rotatable bonds is 4. The molecule has 0 saturated heterocycles. The summed E-state index contributed by atoms with van der Waals surface area (Å²) in [7, 11) is 0. The van der Waals surface area contributed by atoms with Gasteiger partial charge < -0.3 is 14.5 Å². The molecule has 2 aromatic carbocycles. The summed E-state index contributed by atoms with van der Waals surface area (Å²) in [6, 6.07) is 12.6. The average Bonchev–Trinajstić information content (AvgIpc) is 3.00. The Kier molecular flexibility index (Phi) is 4.46. The van der Waals surface area contributed by atoms with Crippen LogP contribution in [0.5, 0.6) is 5.75 Å². The van der Waals surface area contributed by atoms with E-state index in [9.17, 15) is 4.79 Å². The van der Waals surface area contributed by atoms with Crippen molar-refractivity contribution < 1.29 is 13.9 Å². The van der Waals surface area contributed by atoms with Gasteiger partial charge in [-0.1, -0.05) is 11.6 Å². The maximum atomic E-state index is 12.9. The quantitative estimate of drug-likeness (QED) is 0.501. The maximum Gasteiger partial charge on any atom is 0.291 e. The van der Waals surface area contributed by atoms with E-state index < -0.39 is 0 Å². The standard InChI is InChI=1S/C21H17ClN2O3/c1-3-26-18-9-7-16(14-5-4-10-23-19(14)18)24-21(25)20-12(2)15-11-13(22)6-8-17(15)27-20/h4-11H,3H2,1-2H3,(H,24,25). The minimum absolute atomic E-state index is 0.262. The second-order valence-corrected chi connectivity index (χ2v) is 6.53. The molecule has 0 bridgehead atoms. The Hall–Kier alpha value is -3.05. The summed E-state index contributed by atoms with van der Waals surface area (Å²) in [5, 5.41) is 5.15. The number of nitrogens with one attached hydrogen (secondary N) is 1. The van der Waals surface area contributed by atoms with Crippen molar-refractivity contribution in [1.29, 1.82) is 0 Å². The molecule has 0 aliphatic heterocycles. The van der Waals surface area contributed by atoms with E-state index in [2.05, 4.69) is 10.3 Å². The number of amides is 1. The molecule has 27 heavy (non-hydrogen) atoms. The Labute approximate surface area is 160 Å². The smallest absolute Gasteiger partial charge is 0.291 e. The number of ether oxygens (including phenoxy) is 1. The summed E-state index contributed by atoms with van der Waals surface area (Å²) in [5.74, 6) is 0.619. The minimum atomic E-state index is -0.325. The van der Waals surface area contributed by atoms with Crippen LogP contribution in [0, 0.1) is 6.92 Å². The van der Waals surface area contributed by atoms with E-state index in [1.807, 2.05) is 32.0 Å². The molecule has 0 fully saturated rings. The highest BCUT2D eigenvalue weighted by Gasteiger charge is 2.19. The van der Waals surface area contributed by atoms with Crippen LogP contribution in [0.3, 0.4) is 0 Å². The molecule has 0 atom stereocenters. The monoisotopic (exact) mass is 380 g/mol. The fourth-order valence-corrected chi connectivity index (χ4v) is 3.29. The number of aryl methyl sites for hydroxylation is 1. The number of pyridine rings is 1. The number of hydrogen-bond donors (Lipinski definition) is 1. The van der Waals surface area contributed by atoms with Crippen molar-refractivity contribution in [2.75, 3.05) is 11.9 Å². The molecule has 6 heteroatoms. The lowest BCUT2D eigenvalue weighted by atomic mass is 10.1. The van der Waals surface area contributed by atoms with E-state index in [0.29, 0.717) is 34.2 Å². The fraction of sp³-hybridized carbons (Fsp3) is 0.143. The first-order chi connectivity index (χ1) is 13.1. The summed E-state index contributed by atoms with van der Waals surface area (Å²) < 4.78 is 11.4. The Morgan fingerprint density at radius 3 is 2.89 bits per heavy atom. The van der Waals surface area contributed by atoms with E-state index >= 15 is 0 Å². The van der Waals surface area contributed by atoms with Gasteiger partial charge >= 0.3 is 0 Å². The van der Waals surface area contributed by atoms with Crippen LogP contribution < -0.4 is 10.1 Å². The molecule has 4 aromatic rings. The topological polar surface area (TPSA) is 64.4 Å². The Morgan fingerprint density at radius 2 is 2.07 bits per heavy atom. The van der Waals surface area contributed by atoms with Crippen LogP contribution in [-0.2, 0) is 0 Å². The van der Waals surface area contributed by atoms with Crippen molar-refractivity contribution in [3.05, 3.63) is 65.0 Å². The van der Waals surface area contributed by atoms with Gasteiger partial charge in [-0.15, -0.1) is 0 Å². The van der Waals surface area contributed by atoms with Gasteiger partial charge in [0.15, 0.2) is 5.76 Å². The van der Waals surface area contributed by atoms with Gasteiger partial charge in [0.2, 0.25) is 0 Å². The zero-order chi connectivity index (χ0) is 19.0. The number of nitrogens with zero attached hydrogens (tertiary/aromatic N) is 1. The number of furan rings is 1. The third-order valence-corrected chi connectivity index (χ3v) is 4.62. The number of halogens is 1. The first-order valence-corrected chi connectivity index (χ1v) is 8.97. The summed E-state index contributed by atoms with van der Waals surface area (Å²) in [4.78, 5) is 17.2. The molecule has 4 rings (SSSR count). The number of benzene rings is 2. The summed E-state index contributed by atoms with van der Waals surface area (Å²) in [5.41, 5.74) is 2.72. The zero-order valence-electron chi connectivity index (χ0n) is 14.9. The van der Waals surface area contributed by atoms with Crippen molar-refractivity contribution in [1.82, 2.24) is 4.98 Å². The molecule has 0 unspecified atom stereocenters. The largest absolute Gasteiger partial charge is 0.492 e. The van der Waals surface area contributed by atoms with E-state index in [4.69, 9.17) is 20.8 Å². The van der Waals surface area contributed by atoms with Gasteiger partial charge in [-0.25, -0.2) is 0 Å². The van der Waals surface area contributed by atoms with Gasteiger partial charge in [-0.3, -0.25) is 9.78 Å². The van der Waals surface area contributed by atoms with Crippen molar-refractivity contribution in [2.45, 2.75) is 13.8 Å². The minimum Gasteiger partial charge on any atom is -0.492 e. The Bertz CT molecular complexity index is 1170. The van der Waals surface area contributed by atoms with Crippen LogP contribution in [0.25, 0.3) is 21.9 Å². The Morgan fingerprint density at radius 1 is 1.22 bits per heavy atom. The highest BCUT2D eigenvalue weighted by molar-refractivity contribution is 6.31. The molecule has 0 aliphatic carbocycles. The van der Waals surface area contributed by atoms with Crippen LogP contribution >= 0.6 is 11.6 Å². The second-order valence-electron chi connectivity index (χ2n) is 6.09. The van der Waals surface area contributed by atoms with Crippen molar-refractivity contribution in [2.24, 2.45) is 0 Å². The molecule has 2 aromatic heterocycles. The number of carbonyl (C=O) groups excluding carboxylic acids is 1. The summed E-state index contributed by atoms with van der Waals surface area (Å²) in [6.07, 6.45) is 1.70. The van der Waals surface area contributed by atoms with Crippen LogP contribution in [0.15, 0.2) is 53.1 Å². The SMILES string of the molecule is CCOc1ccc(NC(=O)c2oc3ccc(Cl)cc3c2C)c2cccnc12. The van der Waals surface area contributed by atoms with Crippen molar-refractivity contribution in [3.8, 4) is 5.75 Å². The van der Waals surface area contributed by atoms with E-state index in [0.717, 1.165) is 16.3 Å². The zero-order valence-corrected chi connectivity index (χ0v) is 15.6. The van der Waals surface area contributed by atoms with E-state index in [1.54, 1.807) is 30.5 Å². The third-order valence-electron chi connectivity index (χ3n) is 4.39. The van der Waals surface area contributed by atoms with Crippen molar-refractivity contribution in [3.63, 3.8) is 0 Å². The Balaban J connectivity index is 1.73. The van der Waals surface area contributed by atoms with Crippen LogP contribution in [0.2, 0.25) is 5.02 Å². The highest BCUT2D eigenvalue weighted by atomic mass is 35.5. The molecule has 0 aliphatic rings.